The summed E-state index contributed by atoms with van der Waals surface area (Å²) in [5.41, 5.74) is 4.57. The maximum atomic E-state index is 12.9. The summed E-state index contributed by atoms with van der Waals surface area (Å²) < 4.78 is 0. The van der Waals surface area contributed by atoms with E-state index in [4.69, 9.17) is 0 Å². The van der Waals surface area contributed by atoms with Gasteiger partial charge < -0.3 is 0 Å². The van der Waals surface area contributed by atoms with Crippen LogP contribution in [0.4, 0.5) is 0 Å². The molecular weight excluding hydrogens is 344 g/mol. The van der Waals surface area contributed by atoms with Gasteiger partial charge in [-0.2, -0.15) is 5.10 Å². The number of H-pyrrole nitrogens is 1. The van der Waals surface area contributed by atoms with Gasteiger partial charge in [-0.15, -0.1) is 0 Å². The lowest BCUT2D eigenvalue weighted by Crippen LogP contribution is -2.56. The molecule has 7 heteroatoms. The highest BCUT2D eigenvalue weighted by Crippen LogP contribution is 2.60. The van der Waals surface area contributed by atoms with Crippen LogP contribution in [0.2, 0.25) is 0 Å². The Bertz CT molecular complexity index is 961. The zero-order valence-electron chi connectivity index (χ0n) is 15.0. The van der Waals surface area contributed by atoms with Crippen molar-refractivity contribution in [3.05, 3.63) is 40.3 Å². The van der Waals surface area contributed by atoms with Gasteiger partial charge in [0.1, 0.15) is 0 Å². The highest BCUT2D eigenvalue weighted by molar-refractivity contribution is 6.05. The fraction of sp³-hybridized carbons (Fsp3) is 0.500. The third-order valence-corrected chi connectivity index (χ3v) is 6.72. The Morgan fingerprint density at radius 2 is 1.56 bits per heavy atom. The fourth-order valence-corrected chi connectivity index (χ4v) is 5.98. The van der Waals surface area contributed by atoms with Gasteiger partial charge in [0.05, 0.1) is 10.8 Å². The van der Waals surface area contributed by atoms with Crippen LogP contribution in [0.3, 0.4) is 0 Å². The highest BCUT2D eigenvalue weighted by atomic mass is 16.2. The molecule has 27 heavy (non-hydrogen) atoms. The van der Waals surface area contributed by atoms with Crippen molar-refractivity contribution in [2.75, 3.05) is 0 Å². The van der Waals surface area contributed by atoms with Crippen LogP contribution >= 0.6 is 0 Å². The predicted octanol–water partition coefficient (Wildman–Crippen LogP) is 1.90. The Labute approximate surface area is 155 Å². The van der Waals surface area contributed by atoms with Gasteiger partial charge in [0, 0.05) is 5.39 Å². The number of nitrogens with zero attached hydrogens (tertiary/aromatic N) is 1. The summed E-state index contributed by atoms with van der Waals surface area (Å²) in [6.45, 7) is 0. The number of carbonyl (C=O) groups is 2. The van der Waals surface area contributed by atoms with Crippen LogP contribution in [0, 0.1) is 23.2 Å². The Hall–Kier alpha value is -2.70. The van der Waals surface area contributed by atoms with Gasteiger partial charge in [0.25, 0.3) is 11.5 Å². The fourth-order valence-electron chi connectivity index (χ4n) is 5.98. The third-order valence-electron chi connectivity index (χ3n) is 6.72. The van der Waals surface area contributed by atoms with E-state index in [2.05, 4.69) is 21.0 Å². The first-order valence-electron chi connectivity index (χ1n) is 9.62. The Morgan fingerprint density at radius 1 is 0.963 bits per heavy atom. The molecule has 7 nitrogen and oxygen atoms in total. The molecule has 1 heterocycles. The predicted molar refractivity (Wildman–Crippen MR) is 98.6 cm³/mol. The number of amides is 2. The van der Waals surface area contributed by atoms with Crippen molar-refractivity contribution < 1.29 is 9.59 Å². The van der Waals surface area contributed by atoms with E-state index < -0.39 is 5.91 Å². The summed E-state index contributed by atoms with van der Waals surface area (Å²) in [7, 11) is 0. The average molecular weight is 366 g/mol. The quantitative estimate of drug-likeness (QED) is 0.706. The van der Waals surface area contributed by atoms with E-state index in [9.17, 15) is 14.4 Å². The Balaban J connectivity index is 1.34. The van der Waals surface area contributed by atoms with Crippen molar-refractivity contribution in [1.29, 1.82) is 0 Å². The summed E-state index contributed by atoms with van der Waals surface area (Å²) in [5.74, 6) is 1.36. The van der Waals surface area contributed by atoms with Crippen molar-refractivity contribution in [3.8, 4) is 0 Å². The van der Waals surface area contributed by atoms with Crippen LogP contribution in [0.1, 0.15) is 49.0 Å². The van der Waals surface area contributed by atoms with E-state index in [0.29, 0.717) is 28.5 Å². The summed E-state index contributed by atoms with van der Waals surface area (Å²) in [5, 5.41) is 7.07. The first-order valence-corrected chi connectivity index (χ1v) is 9.62. The number of carbonyl (C=O) groups excluding carboxylic acids is 2. The topological polar surface area (TPSA) is 104 Å². The number of benzene rings is 1. The number of rotatable bonds is 2. The molecule has 3 N–H and O–H groups in total. The van der Waals surface area contributed by atoms with Crippen LogP contribution in [0.15, 0.2) is 29.1 Å². The molecule has 4 aliphatic rings. The van der Waals surface area contributed by atoms with Crippen molar-refractivity contribution >= 4 is 22.6 Å². The molecule has 0 saturated heterocycles. The summed E-state index contributed by atoms with van der Waals surface area (Å²) in [6.07, 6.45) is 6.56. The van der Waals surface area contributed by atoms with Crippen LogP contribution < -0.4 is 16.4 Å². The minimum absolute atomic E-state index is 0.0799. The molecule has 2 aromatic rings. The van der Waals surface area contributed by atoms with Gasteiger partial charge in [-0.3, -0.25) is 25.2 Å². The molecule has 140 valence electrons. The molecule has 1 aromatic carbocycles. The number of aromatic nitrogens is 2. The SMILES string of the molecule is O=C(NNC(=O)C12CC3CC(CC(C3)C1)C2)c1n[nH]c(=O)c2ccccc12. The molecule has 4 saturated carbocycles. The number of nitrogens with one attached hydrogen (secondary N) is 3. The van der Waals surface area contributed by atoms with Gasteiger partial charge in [0.2, 0.25) is 5.91 Å². The van der Waals surface area contributed by atoms with Crippen molar-refractivity contribution in [3.63, 3.8) is 0 Å². The molecule has 0 spiro atoms. The van der Waals surface area contributed by atoms with Crippen molar-refractivity contribution in [1.82, 2.24) is 21.0 Å². The van der Waals surface area contributed by atoms with Gasteiger partial charge in [0.15, 0.2) is 5.69 Å². The van der Waals surface area contributed by atoms with Crippen LogP contribution in [-0.2, 0) is 4.79 Å². The number of hydrogen-bond donors (Lipinski definition) is 3. The monoisotopic (exact) mass is 366 g/mol. The summed E-state index contributed by atoms with van der Waals surface area (Å²) in [4.78, 5) is 37.4. The summed E-state index contributed by atoms with van der Waals surface area (Å²) >= 11 is 0. The standard InChI is InChI=1S/C20H22N4O3/c25-17-15-4-2-1-3-14(15)16(21-22-17)18(26)23-24-19(27)20-8-11-5-12(9-20)7-13(6-11)10-20/h1-4,11-13H,5-10H2,(H,22,25)(H,23,26)(H,24,27). The lowest BCUT2D eigenvalue weighted by molar-refractivity contribution is -0.147. The molecule has 0 aliphatic heterocycles. The smallest absolute Gasteiger partial charge is 0.273 e. The zero-order chi connectivity index (χ0) is 18.6. The van der Waals surface area contributed by atoms with Crippen LogP contribution in [0.25, 0.3) is 10.8 Å². The second-order valence-electron chi connectivity index (χ2n) is 8.55. The number of hydrogen-bond acceptors (Lipinski definition) is 4. The maximum Gasteiger partial charge on any atom is 0.290 e. The molecule has 4 aliphatic carbocycles. The molecule has 0 unspecified atom stereocenters. The van der Waals surface area contributed by atoms with E-state index in [1.165, 1.54) is 19.3 Å². The van der Waals surface area contributed by atoms with Crippen LogP contribution in [0.5, 0.6) is 0 Å². The van der Waals surface area contributed by atoms with Gasteiger partial charge >= 0.3 is 0 Å². The molecule has 1 aromatic heterocycles. The molecule has 2 amide bonds. The Kier molecular flexibility index (Phi) is 3.60. The second kappa shape index (κ2) is 5.90. The molecule has 0 radical (unpaired) electrons. The molecule has 6 rings (SSSR count). The second-order valence-corrected chi connectivity index (χ2v) is 8.55. The normalized spacial score (nSPS) is 31.0. The van der Waals surface area contributed by atoms with Gasteiger partial charge in [-0.1, -0.05) is 18.2 Å². The zero-order valence-corrected chi connectivity index (χ0v) is 15.0. The van der Waals surface area contributed by atoms with Crippen molar-refractivity contribution in [2.45, 2.75) is 38.5 Å². The van der Waals surface area contributed by atoms with E-state index >= 15 is 0 Å². The lowest BCUT2D eigenvalue weighted by Gasteiger charge is -2.55. The third kappa shape index (κ3) is 2.64. The number of hydrazine groups is 1. The maximum absolute atomic E-state index is 12.9. The minimum Gasteiger partial charge on any atom is -0.273 e. The highest BCUT2D eigenvalue weighted by Gasteiger charge is 2.54. The lowest BCUT2D eigenvalue weighted by atomic mass is 9.49. The number of fused-ring (bicyclic) bond motifs is 1. The molecule has 4 fully saturated rings. The summed E-state index contributed by atoms with van der Waals surface area (Å²) in [6, 6.07) is 6.79. The average Bonchev–Trinajstić information content (AvgIpc) is 2.65. The van der Waals surface area contributed by atoms with Crippen LogP contribution in [-0.4, -0.2) is 22.0 Å². The Morgan fingerprint density at radius 3 is 2.19 bits per heavy atom. The van der Waals surface area contributed by atoms with Gasteiger partial charge in [-0.05, 0) is 62.3 Å². The van der Waals surface area contributed by atoms with Gasteiger partial charge in [-0.25, -0.2) is 5.10 Å². The number of aromatic amines is 1. The first kappa shape index (κ1) is 16.5. The molecule has 4 bridgehead atoms. The van der Waals surface area contributed by atoms with Crippen molar-refractivity contribution in [2.24, 2.45) is 23.2 Å². The minimum atomic E-state index is -0.527. The van der Waals surface area contributed by atoms with E-state index in [0.717, 1.165) is 19.3 Å². The van der Waals surface area contributed by atoms with E-state index in [-0.39, 0.29) is 22.6 Å². The first-order chi connectivity index (χ1) is 13.0. The molecular formula is C20H22N4O3. The van der Waals surface area contributed by atoms with E-state index in [1.807, 2.05) is 0 Å². The molecule has 0 atom stereocenters. The van der Waals surface area contributed by atoms with E-state index in [1.54, 1.807) is 24.3 Å². The largest absolute Gasteiger partial charge is 0.290 e.